The number of hydrazone groups is 1. The molecule has 2 aliphatic rings. The number of carbonyl (C=O) groups excluding carboxylic acids is 1. The van der Waals surface area contributed by atoms with Crippen molar-refractivity contribution in [2.75, 3.05) is 31.2 Å². The minimum Gasteiger partial charge on any atom is -0.478 e. The lowest BCUT2D eigenvalue weighted by Crippen LogP contribution is -2.37. The third kappa shape index (κ3) is 4.95. The van der Waals surface area contributed by atoms with Crippen molar-refractivity contribution in [2.24, 2.45) is 5.10 Å². The predicted molar refractivity (Wildman–Crippen MR) is 135 cm³/mol. The van der Waals surface area contributed by atoms with Gasteiger partial charge in [0.25, 0.3) is 5.91 Å². The van der Waals surface area contributed by atoms with E-state index in [1.165, 1.54) is 24.5 Å². The summed E-state index contributed by atoms with van der Waals surface area (Å²) in [6.45, 7) is 2.12. The summed E-state index contributed by atoms with van der Waals surface area (Å²) in [5, 5.41) is 13.2. The minimum absolute atomic E-state index is 0. The van der Waals surface area contributed by atoms with E-state index in [2.05, 4.69) is 10.5 Å². The van der Waals surface area contributed by atoms with E-state index >= 15 is 4.39 Å². The zero-order valence-corrected chi connectivity index (χ0v) is 20.0. The van der Waals surface area contributed by atoms with E-state index in [0.29, 0.717) is 43.1 Å². The number of carbonyl (C=O) groups is 2. The van der Waals surface area contributed by atoms with Crippen molar-refractivity contribution in [1.29, 1.82) is 0 Å². The van der Waals surface area contributed by atoms with Crippen molar-refractivity contribution in [2.45, 2.75) is 18.9 Å². The number of rotatable bonds is 6. The number of carboxylic acids is 1. The minimum atomic E-state index is -1.13. The second kappa shape index (κ2) is 10.5. The molecule has 36 heavy (non-hydrogen) atoms. The number of benzene rings is 2. The molecule has 2 heterocycles. The van der Waals surface area contributed by atoms with Crippen LogP contribution in [0, 0.1) is 5.82 Å². The maximum absolute atomic E-state index is 15.1. The number of fused-ring (bicyclic) bond motifs is 1. The number of aromatic carboxylic acids is 1. The summed E-state index contributed by atoms with van der Waals surface area (Å²) in [5.74, 6) is -2.41. The molecule has 0 atom stereocenters. The van der Waals surface area contributed by atoms with E-state index in [1.54, 1.807) is 24.3 Å². The van der Waals surface area contributed by atoms with Crippen molar-refractivity contribution in [3.63, 3.8) is 0 Å². The Labute approximate surface area is 211 Å². The number of amides is 1. The number of morpholine rings is 1. The highest BCUT2D eigenvalue weighted by Gasteiger charge is 2.28. The second-order valence-electron chi connectivity index (χ2n) is 8.52. The molecule has 188 valence electrons. The van der Waals surface area contributed by atoms with Crippen molar-refractivity contribution in [3.8, 4) is 0 Å². The van der Waals surface area contributed by atoms with Gasteiger partial charge in [-0.25, -0.2) is 14.6 Å². The number of nitrogens with one attached hydrogen (secondary N) is 1. The van der Waals surface area contributed by atoms with Gasteiger partial charge in [-0.2, -0.15) is 5.10 Å². The number of pyridine rings is 1. The van der Waals surface area contributed by atoms with Crippen LogP contribution in [0.2, 0.25) is 0 Å². The maximum atomic E-state index is 15.1. The van der Waals surface area contributed by atoms with Gasteiger partial charge in [0.2, 0.25) is 5.43 Å². The van der Waals surface area contributed by atoms with Gasteiger partial charge in [0.05, 0.1) is 36.2 Å². The Balaban J connectivity index is 0.00000304. The molecule has 1 aliphatic carbocycles. The lowest BCUT2D eigenvalue weighted by atomic mass is 10.1. The van der Waals surface area contributed by atoms with Gasteiger partial charge < -0.3 is 19.3 Å². The smallest absolute Gasteiger partial charge is 0.336 e. The summed E-state index contributed by atoms with van der Waals surface area (Å²) >= 11 is 0. The standard InChI is InChI=1S/C25H23FN4O5.ClH/c26-20-11-18-21(12-22(20)29-7-9-35-10-8-29)30(16-5-6-16)14-19(23(18)31)24(32)28-27-13-15-3-1-2-4-17(15)25(33)34;/h1-4,11-14,16H,5-10H2,(H,28,32)(H,33,34);1H/b27-13-;. The molecular formula is C25H24ClFN4O5. The number of aromatic nitrogens is 1. The lowest BCUT2D eigenvalue weighted by molar-refractivity contribution is 0.0696. The van der Waals surface area contributed by atoms with Crippen molar-refractivity contribution < 1.29 is 23.8 Å². The van der Waals surface area contributed by atoms with Crippen LogP contribution in [-0.2, 0) is 4.74 Å². The first-order valence-corrected chi connectivity index (χ1v) is 11.3. The van der Waals surface area contributed by atoms with Gasteiger partial charge >= 0.3 is 5.97 Å². The van der Waals surface area contributed by atoms with Gasteiger partial charge in [-0.1, -0.05) is 18.2 Å². The molecule has 1 aromatic heterocycles. The van der Waals surface area contributed by atoms with E-state index in [1.807, 2.05) is 9.47 Å². The molecule has 1 saturated carbocycles. The first kappa shape index (κ1) is 25.3. The Hall–Kier alpha value is -3.76. The molecule has 0 bridgehead atoms. The van der Waals surface area contributed by atoms with Crippen LogP contribution in [0.5, 0.6) is 0 Å². The summed E-state index contributed by atoms with van der Waals surface area (Å²) in [7, 11) is 0. The zero-order chi connectivity index (χ0) is 24.5. The molecule has 1 aliphatic heterocycles. The second-order valence-corrected chi connectivity index (χ2v) is 8.52. The average Bonchev–Trinajstić information content (AvgIpc) is 3.70. The van der Waals surface area contributed by atoms with Crippen LogP contribution in [-0.4, -0.2) is 54.1 Å². The van der Waals surface area contributed by atoms with Crippen LogP contribution in [0.1, 0.15) is 45.2 Å². The molecule has 3 aromatic rings. The number of hydrogen-bond acceptors (Lipinski definition) is 6. The van der Waals surface area contributed by atoms with E-state index in [0.717, 1.165) is 12.8 Å². The third-order valence-corrected chi connectivity index (χ3v) is 6.20. The number of halogens is 2. The number of carboxylic acid groups (broad SMARTS) is 1. The molecule has 0 spiro atoms. The van der Waals surface area contributed by atoms with E-state index in [9.17, 15) is 19.5 Å². The summed E-state index contributed by atoms with van der Waals surface area (Å²) in [4.78, 5) is 39.2. The predicted octanol–water partition coefficient (Wildman–Crippen LogP) is 3.20. The monoisotopic (exact) mass is 514 g/mol. The van der Waals surface area contributed by atoms with Gasteiger partial charge in [-0.05, 0) is 31.0 Å². The molecule has 0 radical (unpaired) electrons. The molecule has 2 aromatic carbocycles. The Morgan fingerprint density at radius 2 is 1.86 bits per heavy atom. The summed E-state index contributed by atoms with van der Waals surface area (Å²) in [6.07, 6.45) is 4.50. The first-order chi connectivity index (χ1) is 16.9. The fourth-order valence-corrected chi connectivity index (χ4v) is 4.25. The van der Waals surface area contributed by atoms with Crippen LogP contribution in [0.15, 0.2) is 52.5 Å². The Bertz CT molecular complexity index is 1410. The molecular weight excluding hydrogens is 491 g/mol. The van der Waals surface area contributed by atoms with Gasteiger partial charge in [0, 0.05) is 36.3 Å². The quantitative estimate of drug-likeness (QED) is 0.386. The molecule has 2 fully saturated rings. The van der Waals surface area contributed by atoms with Gasteiger partial charge in [-0.15, -0.1) is 12.4 Å². The lowest BCUT2D eigenvalue weighted by Gasteiger charge is -2.29. The van der Waals surface area contributed by atoms with E-state index in [-0.39, 0.29) is 35.0 Å². The average molecular weight is 515 g/mol. The highest BCUT2D eigenvalue weighted by molar-refractivity contribution is 6.00. The molecule has 1 amide bonds. The summed E-state index contributed by atoms with van der Waals surface area (Å²) in [5.41, 5.74) is 2.85. The number of ether oxygens (including phenoxy) is 1. The summed E-state index contributed by atoms with van der Waals surface area (Å²) < 4.78 is 22.3. The van der Waals surface area contributed by atoms with Crippen molar-refractivity contribution >= 4 is 47.1 Å². The molecule has 5 rings (SSSR count). The van der Waals surface area contributed by atoms with Gasteiger partial charge in [0.1, 0.15) is 11.4 Å². The van der Waals surface area contributed by atoms with Crippen LogP contribution in [0.25, 0.3) is 10.9 Å². The number of anilines is 1. The number of hydrogen-bond donors (Lipinski definition) is 2. The van der Waals surface area contributed by atoms with E-state index < -0.39 is 23.1 Å². The topological polar surface area (TPSA) is 113 Å². The Morgan fingerprint density at radius 3 is 2.56 bits per heavy atom. The molecule has 2 N–H and O–H groups in total. The zero-order valence-electron chi connectivity index (χ0n) is 19.1. The van der Waals surface area contributed by atoms with Crippen LogP contribution < -0.4 is 15.8 Å². The van der Waals surface area contributed by atoms with Gasteiger partial charge in [0.15, 0.2) is 0 Å². The molecule has 11 heteroatoms. The molecule has 1 saturated heterocycles. The van der Waals surface area contributed by atoms with Crippen LogP contribution >= 0.6 is 12.4 Å². The fourth-order valence-electron chi connectivity index (χ4n) is 4.25. The van der Waals surface area contributed by atoms with Crippen molar-refractivity contribution in [1.82, 2.24) is 9.99 Å². The van der Waals surface area contributed by atoms with Crippen molar-refractivity contribution in [3.05, 3.63) is 75.3 Å². The normalized spacial score (nSPS) is 15.6. The number of nitrogens with zero attached hydrogens (tertiary/aromatic N) is 3. The maximum Gasteiger partial charge on any atom is 0.336 e. The summed E-state index contributed by atoms with van der Waals surface area (Å²) in [6, 6.07) is 9.19. The van der Waals surface area contributed by atoms with Gasteiger partial charge in [-0.3, -0.25) is 9.59 Å². The molecule has 0 unspecified atom stereocenters. The largest absolute Gasteiger partial charge is 0.478 e. The highest BCUT2D eigenvalue weighted by atomic mass is 35.5. The fraction of sp³-hybridized carbons (Fsp3) is 0.280. The van der Waals surface area contributed by atoms with E-state index in [4.69, 9.17) is 4.74 Å². The van der Waals surface area contributed by atoms with Crippen LogP contribution in [0.4, 0.5) is 10.1 Å². The highest BCUT2D eigenvalue weighted by Crippen LogP contribution is 2.38. The Kier molecular flexibility index (Phi) is 7.37. The Morgan fingerprint density at radius 1 is 1.14 bits per heavy atom. The third-order valence-electron chi connectivity index (χ3n) is 6.20. The van der Waals surface area contributed by atoms with Crippen LogP contribution in [0.3, 0.4) is 0 Å². The molecule has 9 nitrogen and oxygen atoms in total. The first-order valence-electron chi connectivity index (χ1n) is 11.3. The SMILES string of the molecule is Cl.O=C(O)c1ccccc1/C=N\NC(=O)c1cn(C2CC2)c2cc(N3CCOCC3)c(F)cc2c1=O.